The predicted octanol–water partition coefficient (Wildman–Crippen LogP) is 3.81. The van der Waals surface area contributed by atoms with Crippen molar-refractivity contribution in [2.75, 3.05) is 54.4 Å². The molecular formula is C23H29N5O2S2. The molecule has 4 rings (SSSR count). The number of aromatic nitrogens is 1. The van der Waals surface area contributed by atoms with Crippen LogP contribution in [0.25, 0.3) is 0 Å². The number of carbonyl (C=O) groups excluding carboxylic acids is 2. The molecule has 0 radical (unpaired) electrons. The number of carbonyl (C=O) groups is 2. The molecule has 3 amide bonds. The van der Waals surface area contributed by atoms with Gasteiger partial charge in [-0.3, -0.25) is 4.79 Å². The van der Waals surface area contributed by atoms with Gasteiger partial charge in [0.1, 0.15) is 5.82 Å². The van der Waals surface area contributed by atoms with Crippen LogP contribution in [0.1, 0.15) is 23.0 Å². The Balaban J connectivity index is 1.17. The molecule has 0 atom stereocenters. The van der Waals surface area contributed by atoms with Crippen molar-refractivity contribution in [2.45, 2.75) is 17.4 Å². The smallest absolute Gasteiger partial charge is 0.319 e. The molecule has 2 aliphatic heterocycles. The summed E-state index contributed by atoms with van der Waals surface area (Å²) in [5.74, 6) is 3.38. The zero-order chi connectivity index (χ0) is 22.2. The number of piperazine rings is 1. The molecule has 2 aromatic rings. The zero-order valence-corrected chi connectivity index (χ0v) is 19.7. The molecule has 2 N–H and O–H groups in total. The average Bonchev–Trinajstić information content (AvgIpc) is 2.85. The van der Waals surface area contributed by atoms with Crippen molar-refractivity contribution in [1.29, 1.82) is 0 Å². The van der Waals surface area contributed by atoms with Crippen molar-refractivity contribution in [3.05, 3.63) is 54.2 Å². The molecule has 2 aliphatic rings. The van der Waals surface area contributed by atoms with E-state index in [1.807, 2.05) is 64.8 Å². The molecule has 1 aromatic heterocycles. The van der Waals surface area contributed by atoms with Crippen LogP contribution in [0.5, 0.6) is 0 Å². The first-order valence-corrected chi connectivity index (χ1v) is 13.1. The predicted molar refractivity (Wildman–Crippen MR) is 133 cm³/mol. The first-order valence-electron chi connectivity index (χ1n) is 11.0. The molecule has 3 heterocycles. The van der Waals surface area contributed by atoms with Gasteiger partial charge in [-0.2, -0.15) is 0 Å². The average molecular weight is 472 g/mol. The molecule has 0 saturated carbocycles. The highest BCUT2D eigenvalue weighted by Crippen LogP contribution is 2.44. The number of urea groups is 1. The van der Waals surface area contributed by atoms with E-state index in [1.165, 1.54) is 23.5 Å². The highest BCUT2D eigenvalue weighted by molar-refractivity contribution is 8.16. The number of nitrogens with zero attached hydrogens (tertiary/aromatic N) is 3. The van der Waals surface area contributed by atoms with E-state index in [4.69, 9.17) is 0 Å². The fourth-order valence-electron chi connectivity index (χ4n) is 3.79. The Labute approximate surface area is 197 Å². The highest BCUT2D eigenvalue weighted by atomic mass is 32.2. The van der Waals surface area contributed by atoms with Crippen LogP contribution in [-0.2, 0) is 4.79 Å². The van der Waals surface area contributed by atoms with Crippen LogP contribution in [0.4, 0.5) is 16.3 Å². The summed E-state index contributed by atoms with van der Waals surface area (Å²) in [6, 6.07) is 13.6. The number of amides is 3. The Morgan fingerprint density at radius 2 is 1.84 bits per heavy atom. The first-order chi connectivity index (χ1) is 15.7. The summed E-state index contributed by atoms with van der Waals surface area (Å²) in [6.07, 6.45) is 3.34. The van der Waals surface area contributed by atoms with E-state index in [0.29, 0.717) is 30.6 Å². The van der Waals surface area contributed by atoms with Gasteiger partial charge in [0, 0.05) is 51.0 Å². The lowest BCUT2D eigenvalue weighted by molar-refractivity contribution is -0.131. The molecule has 9 heteroatoms. The van der Waals surface area contributed by atoms with Gasteiger partial charge in [0.15, 0.2) is 0 Å². The fourth-order valence-corrected chi connectivity index (χ4v) is 6.66. The maximum absolute atomic E-state index is 12.5. The van der Waals surface area contributed by atoms with Gasteiger partial charge in [-0.1, -0.05) is 18.2 Å². The number of benzene rings is 1. The minimum atomic E-state index is -0.279. The number of pyridine rings is 1. The van der Waals surface area contributed by atoms with Gasteiger partial charge >= 0.3 is 6.03 Å². The molecule has 1 aromatic carbocycles. The third-order valence-corrected chi connectivity index (χ3v) is 8.49. The van der Waals surface area contributed by atoms with Gasteiger partial charge in [0.25, 0.3) is 0 Å². The number of rotatable bonds is 6. The van der Waals surface area contributed by atoms with E-state index in [1.54, 1.807) is 6.20 Å². The van der Waals surface area contributed by atoms with Crippen molar-refractivity contribution in [3.8, 4) is 0 Å². The van der Waals surface area contributed by atoms with Gasteiger partial charge in [-0.05, 0) is 47.8 Å². The second-order valence-corrected chi connectivity index (χ2v) is 10.5. The summed E-state index contributed by atoms with van der Waals surface area (Å²) in [4.78, 5) is 33.2. The standard InChI is InChI=1S/C23H29N5O2S2/c29-21(28-13-11-27(12-14-28)20-7-1-2-9-24-20)8-10-25-23(30)26-19-6-3-5-18(17-19)22-31-15-4-16-32-22/h1-3,5-7,9,17,22H,4,8,10-16H2,(H2,25,26,30). The Kier molecular flexibility index (Phi) is 8.17. The number of hydrogen-bond donors (Lipinski definition) is 2. The SMILES string of the molecule is O=C(NCCC(=O)N1CCN(c2ccccn2)CC1)Nc1cccc(C2SCCCS2)c1. The fraction of sp³-hybridized carbons (Fsp3) is 0.435. The van der Waals surface area contributed by atoms with E-state index >= 15 is 0 Å². The largest absolute Gasteiger partial charge is 0.353 e. The van der Waals surface area contributed by atoms with Crippen molar-refractivity contribution >= 4 is 47.0 Å². The third kappa shape index (κ3) is 6.32. The second kappa shape index (κ2) is 11.5. The van der Waals surface area contributed by atoms with Crippen LogP contribution in [0.3, 0.4) is 0 Å². The Morgan fingerprint density at radius 1 is 1.03 bits per heavy atom. The van der Waals surface area contributed by atoms with Crippen LogP contribution < -0.4 is 15.5 Å². The quantitative estimate of drug-likeness (QED) is 0.667. The van der Waals surface area contributed by atoms with Crippen LogP contribution in [0.2, 0.25) is 0 Å². The summed E-state index contributed by atoms with van der Waals surface area (Å²) >= 11 is 3.92. The Hall–Kier alpha value is -2.39. The van der Waals surface area contributed by atoms with Gasteiger partial charge in [-0.25, -0.2) is 9.78 Å². The molecule has 2 fully saturated rings. The number of nitrogens with one attached hydrogen (secondary N) is 2. The van der Waals surface area contributed by atoms with E-state index in [2.05, 4.69) is 26.6 Å². The number of anilines is 2. The molecule has 0 bridgehead atoms. The summed E-state index contributed by atoms with van der Waals surface area (Å²) in [5.41, 5.74) is 2.02. The lowest BCUT2D eigenvalue weighted by atomic mass is 10.2. The highest BCUT2D eigenvalue weighted by Gasteiger charge is 2.21. The van der Waals surface area contributed by atoms with Crippen LogP contribution in [0, 0.1) is 0 Å². The molecular weight excluding hydrogens is 442 g/mol. The maximum atomic E-state index is 12.5. The minimum absolute atomic E-state index is 0.0688. The maximum Gasteiger partial charge on any atom is 0.319 e. The molecule has 0 aliphatic carbocycles. The second-order valence-electron chi connectivity index (χ2n) is 7.74. The van der Waals surface area contributed by atoms with Gasteiger partial charge in [0.2, 0.25) is 5.91 Å². The minimum Gasteiger partial charge on any atom is -0.353 e. The van der Waals surface area contributed by atoms with Gasteiger partial charge in [0.05, 0.1) is 4.58 Å². The monoisotopic (exact) mass is 471 g/mol. The molecule has 2 saturated heterocycles. The summed E-state index contributed by atoms with van der Waals surface area (Å²) in [7, 11) is 0. The van der Waals surface area contributed by atoms with Crippen molar-refractivity contribution < 1.29 is 9.59 Å². The first kappa shape index (κ1) is 22.8. The molecule has 0 spiro atoms. The number of hydrogen-bond acceptors (Lipinski definition) is 6. The lowest BCUT2D eigenvalue weighted by Gasteiger charge is -2.35. The van der Waals surface area contributed by atoms with E-state index in [9.17, 15) is 9.59 Å². The molecule has 170 valence electrons. The van der Waals surface area contributed by atoms with Crippen molar-refractivity contribution in [1.82, 2.24) is 15.2 Å². The number of thioether (sulfide) groups is 2. The van der Waals surface area contributed by atoms with Gasteiger partial charge in [-0.15, -0.1) is 23.5 Å². The van der Waals surface area contributed by atoms with Crippen LogP contribution in [-0.4, -0.2) is 66.1 Å². The molecule has 32 heavy (non-hydrogen) atoms. The molecule has 0 unspecified atom stereocenters. The molecule has 7 nitrogen and oxygen atoms in total. The van der Waals surface area contributed by atoms with E-state index in [-0.39, 0.29) is 11.9 Å². The van der Waals surface area contributed by atoms with Gasteiger partial charge < -0.3 is 20.4 Å². The van der Waals surface area contributed by atoms with Crippen LogP contribution >= 0.6 is 23.5 Å². The Morgan fingerprint density at radius 3 is 2.59 bits per heavy atom. The van der Waals surface area contributed by atoms with Crippen LogP contribution in [0.15, 0.2) is 48.7 Å². The van der Waals surface area contributed by atoms with Crippen molar-refractivity contribution in [2.24, 2.45) is 0 Å². The lowest BCUT2D eigenvalue weighted by Crippen LogP contribution is -2.49. The third-order valence-electron chi connectivity index (χ3n) is 5.47. The van der Waals surface area contributed by atoms with Crippen molar-refractivity contribution in [3.63, 3.8) is 0 Å². The van der Waals surface area contributed by atoms with E-state index < -0.39 is 0 Å². The zero-order valence-electron chi connectivity index (χ0n) is 18.0. The summed E-state index contributed by atoms with van der Waals surface area (Å²) in [5, 5.41) is 5.70. The summed E-state index contributed by atoms with van der Waals surface area (Å²) in [6.45, 7) is 3.20. The summed E-state index contributed by atoms with van der Waals surface area (Å²) < 4.78 is 0.435. The van der Waals surface area contributed by atoms with E-state index in [0.717, 1.165) is 24.6 Å². The topological polar surface area (TPSA) is 77.6 Å². The normalized spacial score (nSPS) is 17.1. The Bertz CT molecular complexity index is 900.